The molecule has 1 atom stereocenters. The summed E-state index contributed by atoms with van der Waals surface area (Å²) in [6, 6.07) is 11.9. The summed E-state index contributed by atoms with van der Waals surface area (Å²) >= 11 is 16.5. The molecule has 0 spiro atoms. The molecular weight excluding hydrogens is 527 g/mol. The Bertz CT molecular complexity index is 1100. The molecule has 3 aromatic rings. The van der Waals surface area contributed by atoms with Crippen molar-refractivity contribution in [3.8, 4) is 5.75 Å². The Labute approximate surface area is 201 Å². The van der Waals surface area contributed by atoms with E-state index in [0.29, 0.717) is 44.5 Å². The van der Waals surface area contributed by atoms with Crippen LogP contribution in [-0.4, -0.2) is 34.7 Å². The van der Waals surface area contributed by atoms with Gasteiger partial charge in [0, 0.05) is 28.0 Å². The minimum absolute atomic E-state index is 0.175. The summed E-state index contributed by atoms with van der Waals surface area (Å²) < 4.78 is 6.42. The summed E-state index contributed by atoms with van der Waals surface area (Å²) in [5.41, 5.74) is 0.564. The number of hydrogen-bond donors (Lipinski definition) is 2. The second-order valence-corrected chi connectivity index (χ2v) is 9.16. The van der Waals surface area contributed by atoms with Crippen molar-refractivity contribution in [1.82, 2.24) is 15.5 Å². The molecule has 0 fully saturated rings. The zero-order valence-electron chi connectivity index (χ0n) is 16.2. The quantitative estimate of drug-likeness (QED) is 0.417. The van der Waals surface area contributed by atoms with Gasteiger partial charge < -0.3 is 10.1 Å². The average molecular weight is 544 g/mol. The third kappa shape index (κ3) is 6.90. The Balaban J connectivity index is 1.47. The van der Waals surface area contributed by atoms with Gasteiger partial charge in [-0.25, -0.2) is 0 Å². The van der Waals surface area contributed by atoms with Crippen LogP contribution in [0.15, 0.2) is 46.9 Å². The van der Waals surface area contributed by atoms with Crippen molar-refractivity contribution in [3.63, 3.8) is 0 Å². The highest BCUT2D eigenvalue weighted by Gasteiger charge is 2.18. The van der Waals surface area contributed by atoms with Crippen LogP contribution in [0.3, 0.4) is 0 Å². The molecule has 0 saturated heterocycles. The molecule has 2 aromatic carbocycles. The van der Waals surface area contributed by atoms with Gasteiger partial charge in [0.1, 0.15) is 10.8 Å². The highest BCUT2D eigenvalue weighted by Crippen LogP contribution is 2.28. The number of rotatable bonds is 8. The van der Waals surface area contributed by atoms with E-state index < -0.39 is 12.0 Å². The van der Waals surface area contributed by atoms with Crippen molar-refractivity contribution < 1.29 is 14.3 Å². The first-order valence-electron chi connectivity index (χ1n) is 9.10. The van der Waals surface area contributed by atoms with Crippen LogP contribution in [0.2, 0.25) is 10.0 Å². The van der Waals surface area contributed by atoms with Crippen LogP contribution >= 0.6 is 50.5 Å². The smallest absolute Gasteiger partial charge is 0.266 e. The molecule has 7 nitrogen and oxygen atoms in total. The van der Waals surface area contributed by atoms with E-state index in [4.69, 9.17) is 27.9 Å². The first kappa shape index (κ1) is 23.5. The first-order chi connectivity index (χ1) is 14.8. The molecule has 0 aliphatic carbocycles. The zero-order chi connectivity index (χ0) is 22.4. The van der Waals surface area contributed by atoms with E-state index in [0.717, 1.165) is 4.47 Å². The topological polar surface area (TPSA) is 93.2 Å². The van der Waals surface area contributed by atoms with Gasteiger partial charge in [0.2, 0.25) is 5.13 Å². The lowest BCUT2D eigenvalue weighted by Gasteiger charge is -2.14. The normalized spacial score (nSPS) is 11.6. The van der Waals surface area contributed by atoms with Crippen LogP contribution in [0.5, 0.6) is 5.75 Å². The lowest BCUT2D eigenvalue weighted by Crippen LogP contribution is -2.30. The van der Waals surface area contributed by atoms with Crippen molar-refractivity contribution >= 4 is 67.4 Å². The van der Waals surface area contributed by atoms with Gasteiger partial charge in [-0.15, -0.1) is 10.2 Å². The van der Waals surface area contributed by atoms with E-state index in [1.54, 1.807) is 37.3 Å². The van der Waals surface area contributed by atoms with Crippen molar-refractivity contribution in [2.24, 2.45) is 0 Å². The highest BCUT2D eigenvalue weighted by atomic mass is 79.9. The number of hydrogen-bond acceptors (Lipinski definition) is 6. The standard InChI is InChI=1S/C20H17BrCl2N4O3S/c1-11(30-16-6-5-14(22)10-15(16)23)18(28)25-20-27-26-17(31-20)7-8-24-19(29)12-3-2-4-13(21)9-12/h2-6,9-11H,7-8H2,1H3,(H,24,29)(H,25,27,28). The monoisotopic (exact) mass is 542 g/mol. The fourth-order valence-corrected chi connectivity index (χ4v) is 4.04. The number of nitrogens with zero attached hydrogens (tertiary/aromatic N) is 2. The van der Waals surface area contributed by atoms with E-state index >= 15 is 0 Å². The number of benzene rings is 2. The van der Waals surface area contributed by atoms with Crippen LogP contribution in [0, 0.1) is 0 Å². The molecule has 2 amide bonds. The van der Waals surface area contributed by atoms with Crippen LogP contribution in [-0.2, 0) is 11.2 Å². The average Bonchev–Trinajstić information content (AvgIpc) is 3.17. The molecule has 2 N–H and O–H groups in total. The SMILES string of the molecule is CC(Oc1ccc(Cl)cc1Cl)C(=O)Nc1nnc(CCNC(=O)c2cccc(Br)c2)s1. The number of ether oxygens (including phenoxy) is 1. The molecule has 0 radical (unpaired) electrons. The van der Waals surface area contributed by atoms with Gasteiger partial charge in [-0.2, -0.15) is 0 Å². The highest BCUT2D eigenvalue weighted by molar-refractivity contribution is 9.10. The molecular formula is C20H17BrCl2N4O3S. The lowest BCUT2D eigenvalue weighted by atomic mass is 10.2. The third-order valence-electron chi connectivity index (χ3n) is 3.98. The molecule has 1 aromatic heterocycles. The van der Waals surface area contributed by atoms with Gasteiger partial charge in [0.15, 0.2) is 6.10 Å². The Kier molecular flexibility index (Phi) is 8.25. The summed E-state index contributed by atoms with van der Waals surface area (Å²) in [6.07, 6.45) is -0.324. The molecule has 0 bridgehead atoms. The van der Waals surface area contributed by atoms with Crippen molar-refractivity contribution in [2.75, 3.05) is 11.9 Å². The van der Waals surface area contributed by atoms with Gasteiger partial charge in [0.05, 0.1) is 5.02 Å². The van der Waals surface area contributed by atoms with E-state index in [9.17, 15) is 9.59 Å². The van der Waals surface area contributed by atoms with Gasteiger partial charge in [0.25, 0.3) is 11.8 Å². The number of nitrogens with one attached hydrogen (secondary N) is 2. The predicted molar refractivity (Wildman–Crippen MR) is 125 cm³/mol. The number of anilines is 1. The molecule has 0 saturated carbocycles. The van der Waals surface area contributed by atoms with E-state index in [-0.39, 0.29) is 5.91 Å². The summed E-state index contributed by atoms with van der Waals surface area (Å²) in [5, 5.41) is 15.3. The number of amides is 2. The van der Waals surface area contributed by atoms with Crippen LogP contribution in [0.25, 0.3) is 0 Å². The third-order valence-corrected chi connectivity index (χ3v) is 5.90. The fourth-order valence-electron chi connectivity index (χ4n) is 2.44. The van der Waals surface area contributed by atoms with Crippen molar-refractivity contribution in [3.05, 3.63) is 67.6 Å². The Morgan fingerprint density at radius 3 is 2.74 bits per heavy atom. The second kappa shape index (κ2) is 10.9. The fraction of sp³-hybridized carbons (Fsp3) is 0.200. The number of carbonyl (C=O) groups is 2. The molecule has 3 rings (SSSR count). The maximum absolute atomic E-state index is 12.4. The summed E-state index contributed by atoms with van der Waals surface area (Å²) in [5.74, 6) is -0.212. The first-order valence-corrected chi connectivity index (χ1v) is 11.5. The Hall–Kier alpha value is -2.20. The Morgan fingerprint density at radius 2 is 2.00 bits per heavy atom. The molecule has 1 heterocycles. The molecule has 31 heavy (non-hydrogen) atoms. The molecule has 11 heteroatoms. The van der Waals surface area contributed by atoms with E-state index in [2.05, 4.69) is 36.8 Å². The summed E-state index contributed by atoms with van der Waals surface area (Å²) in [4.78, 5) is 24.5. The predicted octanol–water partition coefficient (Wildman–Crippen LogP) is 4.99. The zero-order valence-corrected chi connectivity index (χ0v) is 20.1. The summed E-state index contributed by atoms with van der Waals surface area (Å²) in [6.45, 7) is 1.99. The van der Waals surface area contributed by atoms with Gasteiger partial charge in [-0.1, -0.05) is 56.5 Å². The maximum atomic E-state index is 12.4. The molecule has 162 valence electrons. The van der Waals surface area contributed by atoms with Gasteiger partial charge >= 0.3 is 0 Å². The van der Waals surface area contributed by atoms with E-state index in [1.165, 1.54) is 17.4 Å². The number of halogens is 3. The maximum Gasteiger partial charge on any atom is 0.266 e. The molecule has 0 aliphatic rings. The molecule has 0 aliphatic heterocycles. The largest absolute Gasteiger partial charge is 0.479 e. The van der Waals surface area contributed by atoms with Gasteiger partial charge in [-0.05, 0) is 43.3 Å². The second-order valence-electron chi connectivity index (χ2n) is 6.34. The lowest BCUT2D eigenvalue weighted by molar-refractivity contribution is -0.122. The van der Waals surface area contributed by atoms with Crippen molar-refractivity contribution in [1.29, 1.82) is 0 Å². The van der Waals surface area contributed by atoms with Crippen LogP contribution in [0.4, 0.5) is 5.13 Å². The number of carbonyl (C=O) groups excluding carboxylic acids is 2. The summed E-state index contributed by atoms with van der Waals surface area (Å²) in [7, 11) is 0. The van der Waals surface area contributed by atoms with Gasteiger partial charge in [-0.3, -0.25) is 14.9 Å². The Morgan fingerprint density at radius 1 is 1.19 bits per heavy atom. The minimum atomic E-state index is -0.810. The van der Waals surface area contributed by atoms with Crippen LogP contribution < -0.4 is 15.4 Å². The number of aromatic nitrogens is 2. The van der Waals surface area contributed by atoms with Crippen LogP contribution in [0.1, 0.15) is 22.3 Å². The molecule has 1 unspecified atom stereocenters. The van der Waals surface area contributed by atoms with Crippen molar-refractivity contribution in [2.45, 2.75) is 19.4 Å². The minimum Gasteiger partial charge on any atom is -0.479 e. The van der Waals surface area contributed by atoms with E-state index in [1.807, 2.05) is 6.07 Å².